The smallest absolute Gasteiger partial charge is 0.335 e. The first-order valence-corrected chi connectivity index (χ1v) is 7.75. The van der Waals surface area contributed by atoms with Crippen molar-refractivity contribution < 1.29 is 15.0 Å². The van der Waals surface area contributed by atoms with Gasteiger partial charge in [-0.15, -0.1) is 5.10 Å². The Morgan fingerprint density at radius 3 is 2.68 bits per heavy atom. The fourth-order valence-electron chi connectivity index (χ4n) is 2.83. The standard InChI is InChI=1S/C17H11ClN4O3/c18-12-4-2-1-3-10(12)15-11-7-9(16(23)24)5-6-13(11)22-14(8-19-15)20-21-17(22)25/h1-7H,8H2,(H,21,25)(H,23,24). The molecule has 0 radical (unpaired) electrons. The van der Waals surface area contributed by atoms with Crippen LogP contribution in [0, 0.1) is 0 Å². The summed E-state index contributed by atoms with van der Waals surface area (Å²) >= 11 is 6.31. The van der Waals surface area contributed by atoms with Crippen LogP contribution in [0.5, 0.6) is 6.01 Å². The Bertz CT molecular complexity index is 1040. The van der Waals surface area contributed by atoms with Crippen molar-refractivity contribution in [1.82, 2.24) is 14.8 Å². The fraction of sp³-hybridized carbons (Fsp3) is 0.0588. The van der Waals surface area contributed by atoms with Crippen LogP contribution >= 0.6 is 11.6 Å². The molecule has 8 heteroatoms. The summed E-state index contributed by atoms with van der Waals surface area (Å²) in [5, 5.41) is 27.5. The lowest BCUT2D eigenvalue weighted by Gasteiger charge is -2.13. The average molecular weight is 355 g/mol. The number of carboxylic acids is 1. The highest BCUT2D eigenvalue weighted by Gasteiger charge is 2.24. The number of aromatic carboxylic acids is 1. The largest absolute Gasteiger partial charge is 0.479 e. The van der Waals surface area contributed by atoms with E-state index in [2.05, 4.69) is 15.2 Å². The number of halogens is 1. The van der Waals surface area contributed by atoms with E-state index < -0.39 is 5.97 Å². The van der Waals surface area contributed by atoms with E-state index in [0.717, 1.165) is 0 Å². The molecule has 0 aliphatic carbocycles. The normalized spacial score (nSPS) is 12.8. The summed E-state index contributed by atoms with van der Waals surface area (Å²) in [5.41, 5.74) is 2.38. The van der Waals surface area contributed by atoms with Gasteiger partial charge in [-0.25, -0.2) is 9.36 Å². The van der Waals surface area contributed by atoms with Crippen molar-refractivity contribution in [2.75, 3.05) is 0 Å². The topological polar surface area (TPSA) is 101 Å². The summed E-state index contributed by atoms with van der Waals surface area (Å²) in [6.07, 6.45) is 0. The van der Waals surface area contributed by atoms with Gasteiger partial charge in [0.25, 0.3) is 0 Å². The highest BCUT2D eigenvalue weighted by Crippen LogP contribution is 2.30. The van der Waals surface area contributed by atoms with Crippen molar-refractivity contribution in [2.45, 2.75) is 6.54 Å². The molecule has 0 saturated carbocycles. The predicted molar refractivity (Wildman–Crippen MR) is 90.8 cm³/mol. The zero-order valence-electron chi connectivity index (χ0n) is 12.7. The summed E-state index contributed by atoms with van der Waals surface area (Å²) < 4.78 is 1.45. The summed E-state index contributed by atoms with van der Waals surface area (Å²) in [5.74, 6) is -0.609. The number of rotatable bonds is 2. The van der Waals surface area contributed by atoms with E-state index in [-0.39, 0.29) is 18.1 Å². The van der Waals surface area contributed by atoms with E-state index in [0.29, 0.717) is 33.4 Å². The minimum Gasteiger partial charge on any atom is -0.479 e. The van der Waals surface area contributed by atoms with Crippen molar-refractivity contribution in [3.8, 4) is 11.7 Å². The summed E-state index contributed by atoms with van der Waals surface area (Å²) in [7, 11) is 0. The maximum Gasteiger partial charge on any atom is 0.335 e. The van der Waals surface area contributed by atoms with Crippen LogP contribution in [0.15, 0.2) is 47.5 Å². The Balaban J connectivity index is 2.03. The van der Waals surface area contributed by atoms with Crippen LogP contribution < -0.4 is 0 Å². The van der Waals surface area contributed by atoms with E-state index in [4.69, 9.17) is 11.6 Å². The maximum atomic E-state index is 11.4. The number of hydrogen-bond acceptors (Lipinski definition) is 5. The van der Waals surface area contributed by atoms with Crippen molar-refractivity contribution in [1.29, 1.82) is 0 Å². The summed E-state index contributed by atoms with van der Waals surface area (Å²) in [6, 6.07) is 11.5. The average Bonchev–Trinajstić information content (AvgIpc) is 2.88. The first kappa shape index (κ1) is 15.3. The number of nitrogens with zero attached hydrogens (tertiary/aromatic N) is 4. The van der Waals surface area contributed by atoms with Gasteiger partial charge in [-0.05, 0) is 24.3 Å². The third kappa shape index (κ3) is 2.45. The van der Waals surface area contributed by atoms with Crippen LogP contribution in [0.4, 0.5) is 0 Å². The number of carboxylic acid groups (broad SMARTS) is 1. The Labute approximate surface area is 146 Å². The molecule has 1 aliphatic heterocycles. The quantitative estimate of drug-likeness (QED) is 0.736. The van der Waals surface area contributed by atoms with Crippen LogP contribution in [0.2, 0.25) is 5.02 Å². The molecule has 2 aromatic carbocycles. The van der Waals surface area contributed by atoms with E-state index >= 15 is 0 Å². The molecule has 25 heavy (non-hydrogen) atoms. The van der Waals surface area contributed by atoms with Gasteiger partial charge in [0, 0.05) is 16.1 Å². The van der Waals surface area contributed by atoms with Crippen LogP contribution in [-0.2, 0) is 6.54 Å². The Hall–Kier alpha value is -3.19. The monoisotopic (exact) mass is 354 g/mol. The number of aromatic nitrogens is 3. The molecule has 0 saturated heterocycles. The molecule has 2 heterocycles. The molecule has 0 amide bonds. The summed E-state index contributed by atoms with van der Waals surface area (Å²) in [4.78, 5) is 16.0. The van der Waals surface area contributed by atoms with Gasteiger partial charge in [0.1, 0.15) is 6.54 Å². The van der Waals surface area contributed by atoms with Crippen molar-refractivity contribution in [3.05, 3.63) is 70.0 Å². The zero-order chi connectivity index (χ0) is 17.6. The third-order valence-corrected chi connectivity index (χ3v) is 4.29. The van der Waals surface area contributed by atoms with E-state index in [1.807, 2.05) is 12.1 Å². The van der Waals surface area contributed by atoms with Gasteiger partial charge in [-0.3, -0.25) is 4.99 Å². The molecule has 0 fully saturated rings. The van der Waals surface area contributed by atoms with Crippen molar-refractivity contribution in [3.63, 3.8) is 0 Å². The number of aromatic hydroxyl groups is 1. The lowest BCUT2D eigenvalue weighted by atomic mass is 9.98. The highest BCUT2D eigenvalue weighted by molar-refractivity contribution is 6.35. The third-order valence-electron chi connectivity index (χ3n) is 3.96. The molecular formula is C17H11ClN4O3. The zero-order valence-corrected chi connectivity index (χ0v) is 13.5. The van der Waals surface area contributed by atoms with Crippen LogP contribution in [0.3, 0.4) is 0 Å². The number of carbonyl (C=O) groups is 1. The second-order valence-electron chi connectivity index (χ2n) is 5.43. The minimum absolute atomic E-state index is 0.106. The minimum atomic E-state index is -1.06. The molecule has 1 aliphatic rings. The van der Waals surface area contributed by atoms with Crippen LogP contribution in [0.25, 0.3) is 5.69 Å². The Kier molecular flexibility index (Phi) is 3.51. The highest BCUT2D eigenvalue weighted by atomic mass is 35.5. The van der Waals surface area contributed by atoms with E-state index in [1.165, 1.54) is 16.7 Å². The van der Waals surface area contributed by atoms with Gasteiger partial charge in [0.15, 0.2) is 5.82 Å². The van der Waals surface area contributed by atoms with Gasteiger partial charge in [0.05, 0.1) is 17.0 Å². The number of hydrogen-bond donors (Lipinski definition) is 2. The fourth-order valence-corrected chi connectivity index (χ4v) is 3.05. The SMILES string of the molecule is O=C(O)c1ccc2c(c1)C(c1ccccc1Cl)=NCc1nnc(O)n1-2. The van der Waals surface area contributed by atoms with Gasteiger partial charge in [0.2, 0.25) is 0 Å². The molecule has 3 aromatic rings. The number of benzene rings is 2. The molecular weight excluding hydrogens is 344 g/mol. The first-order chi connectivity index (χ1) is 12.1. The molecule has 0 atom stereocenters. The molecule has 7 nitrogen and oxygen atoms in total. The van der Waals surface area contributed by atoms with Gasteiger partial charge in [-0.2, -0.15) is 0 Å². The number of fused-ring (bicyclic) bond motifs is 3. The molecule has 0 spiro atoms. The van der Waals surface area contributed by atoms with E-state index in [9.17, 15) is 15.0 Å². The maximum absolute atomic E-state index is 11.4. The van der Waals surface area contributed by atoms with Gasteiger partial charge in [-0.1, -0.05) is 34.9 Å². The lowest BCUT2D eigenvalue weighted by Crippen LogP contribution is -2.10. The molecule has 0 bridgehead atoms. The number of aliphatic imine (C=N–C) groups is 1. The Morgan fingerprint density at radius 1 is 1.12 bits per heavy atom. The molecule has 2 N–H and O–H groups in total. The van der Waals surface area contributed by atoms with Crippen molar-refractivity contribution in [2.24, 2.45) is 4.99 Å². The first-order valence-electron chi connectivity index (χ1n) is 7.37. The van der Waals surface area contributed by atoms with Crippen LogP contribution in [0.1, 0.15) is 27.3 Å². The second kappa shape index (κ2) is 5.71. The van der Waals surface area contributed by atoms with Crippen molar-refractivity contribution >= 4 is 23.3 Å². The van der Waals surface area contributed by atoms with Gasteiger partial charge >= 0.3 is 12.0 Å². The van der Waals surface area contributed by atoms with Crippen LogP contribution in [-0.4, -0.2) is 36.7 Å². The van der Waals surface area contributed by atoms with Gasteiger partial charge < -0.3 is 10.2 Å². The Morgan fingerprint density at radius 2 is 1.92 bits per heavy atom. The molecule has 0 unspecified atom stereocenters. The predicted octanol–water partition coefficient (Wildman–Crippen LogP) is 2.68. The molecule has 4 rings (SSSR count). The molecule has 1 aromatic heterocycles. The second-order valence-corrected chi connectivity index (χ2v) is 5.84. The summed E-state index contributed by atoms with van der Waals surface area (Å²) in [6.45, 7) is 0.172. The van der Waals surface area contributed by atoms with E-state index in [1.54, 1.807) is 18.2 Å². The molecule has 124 valence electrons. The lowest BCUT2D eigenvalue weighted by molar-refractivity contribution is 0.0697.